The number of benzene rings is 4. The molecule has 0 saturated heterocycles. The van der Waals surface area contributed by atoms with Crippen molar-refractivity contribution in [2.45, 2.75) is 13.8 Å². The number of fused-ring (bicyclic) bond motifs is 1. The van der Waals surface area contributed by atoms with Gasteiger partial charge in [0.05, 0.1) is 16.8 Å². The average Bonchev–Trinajstić information content (AvgIpc) is 3.14. The molecular formula is C30H21NO6. The van der Waals surface area contributed by atoms with Gasteiger partial charge in [0.15, 0.2) is 11.6 Å². The number of ketones is 2. The fourth-order valence-electron chi connectivity index (χ4n) is 4.13. The predicted octanol–water partition coefficient (Wildman–Crippen LogP) is 6.48. The van der Waals surface area contributed by atoms with Crippen molar-refractivity contribution in [2.24, 2.45) is 0 Å². The van der Waals surface area contributed by atoms with E-state index < -0.39 is 11.8 Å². The van der Waals surface area contributed by atoms with Crippen molar-refractivity contribution < 1.29 is 28.7 Å². The van der Waals surface area contributed by atoms with E-state index in [-0.39, 0.29) is 28.3 Å². The molecule has 0 aromatic heterocycles. The largest absolute Gasteiger partial charge is 0.457 e. The molecule has 4 aromatic carbocycles. The Labute approximate surface area is 212 Å². The van der Waals surface area contributed by atoms with Crippen molar-refractivity contribution in [3.05, 3.63) is 113 Å². The van der Waals surface area contributed by atoms with Crippen LogP contribution in [0.1, 0.15) is 55.3 Å². The zero-order valence-electron chi connectivity index (χ0n) is 20.1. The van der Waals surface area contributed by atoms with Crippen LogP contribution >= 0.6 is 0 Å². The van der Waals surface area contributed by atoms with E-state index in [1.165, 1.54) is 38.1 Å². The third-order valence-electron chi connectivity index (χ3n) is 5.92. The first kappa shape index (κ1) is 23.7. The number of imide groups is 1. The Kier molecular flexibility index (Phi) is 6.11. The van der Waals surface area contributed by atoms with Gasteiger partial charge in [-0.25, -0.2) is 4.90 Å². The highest BCUT2D eigenvalue weighted by Crippen LogP contribution is 2.34. The van der Waals surface area contributed by atoms with Gasteiger partial charge in [-0.05, 0) is 86.6 Å². The molecule has 0 atom stereocenters. The summed E-state index contributed by atoms with van der Waals surface area (Å²) in [7, 11) is 0. The van der Waals surface area contributed by atoms with Crippen molar-refractivity contribution in [3.8, 4) is 23.0 Å². The van der Waals surface area contributed by atoms with Crippen LogP contribution in [-0.2, 0) is 0 Å². The van der Waals surface area contributed by atoms with Crippen molar-refractivity contribution in [1.82, 2.24) is 0 Å². The first-order chi connectivity index (χ1) is 17.8. The Morgan fingerprint density at radius 1 is 0.568 bits per heavy atom. The SMILES string of the molecule is CC(=O)c1ccc(Oc2ccc3c(c2)C(=O)N(c2ccc(Oc4ccccc4)cc2)C3=O)cc1C(C)=O. The smallest absolute Gasteiger partial charge is 0.266 e. The Morgan fingerprint density at radius 3 is 1.78 bits per heavy atom. The average molecular weight is 491 g/mol. The maximum absolute atomic E-state index is 13.2. The van der Waals surface area contributed by atoms with Gasteiger partial charge in [-0.1, -0.05) is 18.2 Å². The molecule has 0 saturated carbocycles. The molecule has 7 nitrogen and oxygen atoms in total. The predicted molar refractivity (Wildman–Crippen MR) is 137 cm³/mol. The Bertz CT molecular complexity index is 1560. The molecule has 0 unspecified atom stereocenters. The Hall–Kier alpha value is -5.04. The maximum Gasteiger partial charge on any atom is 0.266 e. The summed E-state index contributed by atoms with van der Waals surface area (Å²) in [5.41, 5.74) is 1.45. The number of rotatable bonds is 7. The highest BCUT2D eigenvalue weighted by Gasteiger charge is 2.37. The lowest BCUT2D eigenvalue weighted by atomic mass is 10.0. The van der Waals surface area contributed by atoms with Crippen molar-refractivity contribution in [2.75, 3.05) is 4.90 Å². The maximum atomic E-state index is 13.2. The van der Waals surface area contributed by atoms with Crippen molar-refractivity contribution >= 4 is 29.1 Å². The summed E-state index contributed by atoms with van der Waals surface area (Å²) in [6.45, 7) is 2.77. The number of amides is 2. The fourth-order valence-corrected chi connectivity index (χ4v) is 4.13. The van der Waals surface area contributed by atoms with Gasteiger partial charge >= 0.3 is 0 Å². The minimum absolute atomic E-state index is 0.208. The molecule has 182 valence electrons. The van der Waals surface area contributed by atoms with Gasteiger partial charge in [0.25, 0.3) is 11.8 Å². The van der Waals surface area contributed by atoms with Crippen molar-refractivity contribution in [3.63, 3.8) is 0 Å². The molecule has 1 aliphatic rings. The summed E-state index contributed by atoms with van der Waals surface area (Å²) in [5.74, 6) is 0.500. The van der Waals surface area contributed by atoms with Gasteiger partial charge in [-0.15, -0.1) is 0 Å². The van der Waals surface area contributed by atoms with Gasteiger partial charge in [-0.2, -0.15) is 0 Å². The molecule has 5 rings (SSSR count). The second-order valence-electron chi connectivity index (χ2n) is 8.48. The van der Waals surface area contributed by atoms with Gasteiger partial charge < -0.3 is 9.47 Å². The third kappa shape index (κ3) is 4.62. The van der Waals surface area contributed by atoms with Crippen LogP contribution in [0, 0.1) is 0 Å². The number of nitrogens with zero attached hydrogens (tertiary/aromatic N) is 1. The summed E-state index contributed by atoms with van der Waals surface area (Å²) < 4.78 is 11.6. The molecule has 0 radical (unpaired) electrons. The normalized spacial score (nSPS) is 12.3. The monoisotopic (exact) mass is 491 g/mol. The molecule has 1 heterocycles. The molecule has 37 heavy (non-hydrogen) atoms. The van der Waals surface area contributed by atoms with Crippen LogP contribution in [0.3, 0.4) is 0 Å². The summed E-state index contributed by atoms with van der Waals surface area (Å²) in [6.07, 6.45) is 0. The van der Waals surface area contributed by atoms with E-state index in [0.717, 1.165) is 4.90 Å². The van der Waals surface area contributed by atoms with Crippen LogP contribution in [0.5, 0.6) is 23.0 Å². The fraction of sp³-hybridized carbons (Fsp3) is 0.0667. The number of anilines is 1. The lowest BCUT2D eigenvalue weighted by Crippen LogP contribution is -2.29. The standard InChI is InChI=1S/C30H21NO6/c1-18(32)25-14-12-23(16-27(25)19(2)33)37-24-13-15-26-28(17-24)30(35)31(29(26)34)20-8-10-22(11-9-20)36-21-6-4-3-5-7-21/h3-17H,1-2H3. The van der Waals surface area contributed by atoms with E-state index in [9.17, 15) is 19.2 Å². The van der Waals surface area contributed by atoms with E-state index in [4.69, 9.17) is 9.47 Å². The van der Waals surface area contributed by atoms with E-state index >= 15 is 0 Å². The number of Topliss-reactive ketones (excluding diaryl/α,β-unsaturated/α-hetero) is 2. The number of carbonyl (C=O) groups excluding carboxylic acids is 4. The highest BCUT2D eigenvalue weighted by molar-refractivity contribution is 6.34. The molecule has 0 aliphatic carbocycles. The van der Waals surface area contributed by atoms with Crippen molar-refractivity contribution in [1.29, 1.82) is 0 Å². The minimum atomic E-state index is -0.474. The van der Waals surface area contributed by atoms with Gasteiger partial charge in [0.2, 0.25) is 0 Å². The minimum Gasteiger partial charge on any atom is -0.457 e. The lowest BCUT2D eigenvalue weighted by molar-refractivity contribution is 0.0924. The van der Waals surface area contributed by atoms with Gasteiger partial charge in [-0.3, -0.25) is 19.2 Å². The first-order valence-electron chi connectivity index (χ1n) is 11.5. The topological polar surface area (TPSA) is 90.0 Å². The molecule has 2 amide bonds. The van der Waals surface area contributed by atoms with Crippen LogP contribution in [-0.4, -0.2) is 23.4 Å². The molecule has 7 heteroatoms. The number of hydrogen-bond donors (Lipinski definition) is 0. The lowest BCUT2D eigenvalue weighted by Gasteiger charge is -2.14. The second kappa shape index (κ2) is 9.54. The van der Waals surface area contributed by atoms with Crippen LogP contribution in [0.4, 0.5) is 5.69 Å². The molecule has 4 aromatic rings. The first-order valence-corrected chi connectivity index (χ1v) is 11.5. The second-order valence-corrected chi connectivity index (χ2v) is 8.48. The van der Waals surface area contributed by atoms with E-state index in [1.807, 2.05) is 30.3 Å². The molecule has 0 N–H and O–H groups in total. The van der Waals surface area contributed by atoms with E-state index in [2.05, 4.69) is 0 Å². The molecule has 0 fully saturated rings. The summed E-state index contributed by atoms with van der Waals surface area (Å²) in [4.78, 5) is 51.1. The van der Waals surface area contributed by atoms with Crippen LogP contribution in [0.2, 0.25) is 0 Å². The van der Waals surface area contributed by atoms with Gasteiger partial charge in [0, 0.05) is 11.1 Å². The van der Waals surface area contributed by atoms with Crippen LogP contribution in [0.15, 0.2) is 91.0 Å². The van der Waals surface area contributed by atoms with Crippen LogP contribution in [0.25, 0.3) is 0 Å². The zero-order valence-corrected chi connectivity index (χ0v) is 20.1. The quantitative estimate of drug-likeness (QED) is 0.217. The highest BCUT2D eigenvalue weighted by atomic mass is 16.5. The Balaban J connectivity index is 1.37. The number of para-hydroxylation sites is 1. The molecular weight excluding hydrogens is 470 g/mol. The van der Waals surface area contributed by atoms with Crippen LogP contribution < -0.4 is 14.4 Å². The molecule has 0 bridgehead atoms. The third-order valence-corrected chi connectivity index (χ3v) is 5.92. The molecule has 0 spiro atoms. The van der Waals surface area contributed by atoms with Gasteiger partial charge in [0.1, 0.15) is 23.0 Å². The summed E-state index contributed by atoms with van der Waals surface area (Å²) >= 11 is 0. The molecule has 1 aliphatic heterocycles. The summed E-state index contributed by atoms with van der Waals surface area (Å²) in [6, 6.07) is 25.2. The number of carbonyl (C=O) groups is 4. The zero-order chi connectivity index (χ0) is 26.1. The van der Waals surface area contributed by atoms with E-state index in [0.29, 0.717) is 34.2 Å². The van der Waals surface area contributed by atoms with E-state index in [1.54, 1.807) is 36.4 Å². The summed E-state index contributed by atoms with van der Waals surface area (Å²) in [5, 5.41) is 0. The number of ether oxygens (including phenoxy) is 2. The Morgan fingerprint density at radius 2 is 1.11 bits per heavy atom. The number of hydrogen-bond acceptors (Lipinski definition) is 6.